The van der Waals surface area contributed by atoms with Gasteiger partial charge < -0.3 is 15.8 Å². The number of nitrogens with two attached hydrogens (primary N) is 1. The van der Waals surface area contributed by atoms with E-state index in [1.807, 2.05) is 0 Å². The molecule has 1 fully saturated rings. The molecule has 1 aliphatic heterocycles. The molecule has 0 aromatic heterocycles. The number of ether oxygens (including phenoxy) is 1. The quantitative estimate of drug-likeness (QED) is 0.848. The number of benzene rings is 1. The Labute approximate surface area is 101 Å². The van der Waals surface area contributed by atoms with E-state index in [0.717, 1.165) is 38.2 Å². The van der Waals surface area contributed by atoms with E-state index in [9.17, 15) is 4.39 Å². The van der Waals surface area contributed by atoms with Gasteiger partial charge in [0.1, 0.15) is 5.82 Å². The minimum atomic E-state index is -0.221. The first-order valence-electron chi connectivity index (χ1n) is 6.06. The van der Waals surface area contributed by atoms with Crippen LogP contribution in [0.2, 0.25) is 0 Å². The van der Waals surface area contributed by atoms with Crippen LogP contribution >= 0.6 is 0 Å². The summed E-state index contributed by atoms with van der Waals surface area (Å²) in [6.07, 6.45) is 2.88. The Morgan fingerprint density at radius 3 is 2.71 bits per heavy atom. The predicted molar refractivity (Wildman–Crippen MR) is 66.5 cm³/mol. The Hall–Kier alpha value is -1.13. The highest BCUT2D eigenvalue weighted by Gasteiger charge is 2.29. The van der Waals surface area contributed by atoms with Crippen LogP contribution in [0, 0.1) is 5.82 Å². The minimum absolute atomic E-state index is 0.117. The van der Waals surface area contributed by atoms with Crippen LogP contribution in [0.5, 0.6) is 0 Å². The van der Waals surface area contributed by atoms with Crippen molar-refractivity contribution in [1.29, 1.82) is 0 Å². The van der Waals surface area contributed by atoms with Gasteiger partial charge in [0, 0.05) is 25.4 Å². The van der Waals surface area contributed by atoms with Gasteiger partial charge in [-0.1, -0.05) is 0 Å². The van der Waals surface area contributed by atoms with E-state index >= 15 is 0 Å². The Bertz CT molecular complexity index is 345. The van der Waals surface area contributed by atoms with Gasteiger partial charge in [0.25, 0.3) is 0 Å². The van der Waals surface area contributed by atoms with Crippen LogP contribution in [0.15, 0.2) is 24.3 Å². The first-order valence-corrected chi connectivity index (χ1v) is 6.06. The normalized spacial score (nSPS) is 25.3. The molecule has 0 aliphatic carbocycles. The number of hydrogen-bond acceptors (Lipinski definition) is 3. The standard InChI is InChI=1S/C13H19FN2O/c14-11-2-4-12(5-3-11)16-13(10-15)6-1-8-17-9-7-13/h2-5,16H,1,6-10,15H2. The van der Waals surface area contributed by atoms with Gasteiger partial charge in [0.15, 0.2) is 0 Å². The molecule has 1 heterocycles. The molecular weight excluding hydrogens is 219 g/mol. The fraction of sp³-hybridized carbons (Fsp3) is 0.538. The molecule has 4 heteroatoms. The lowest BCUT2D eigenvalue weighted by Gasteiger charge is -2.33. The average molecular weight is 238 g/mol. The van der Waals surface area contributed by atoms with Crippen LogP contribution in [-0.4, -0.2) is 25.3 Å². The third-order valence-corrected chi connectivity index (χ3v) is 3.31. The zero-order chi connectivity index (χ0) is 12.1. The molecular formula is C13H19FN2O. The highest BCUT2D eigenvalue weighted by molar-refractivity contribution is 5.45. The molecule has 1 atom stereocenters. The van der Waals surface area contributed by atoms with Crippen molar-refractivity contribution in [2.24, 2.45) is 5.73 Å². The summed E-state index contributed by atoms with van der Waals surface area (Å²) >= 11 is 0. The molecule has 17 heavy (non-hydrogen) atoms. The maximum absolute atomic E-state index is 12.8. The molecule has 1 aliphatic rings. The molecule has 2 rings (SSSR count). The van der Waals surface area contributed by atoms with Crippen molar-refractivity contribution in [3.8, 4) is 0 Å². The third-order valence-electron chi connectivity index (χ3n) is 3.31. The van der Waals surface area contributed by atoms with Gasteiger partial charge in [-0.15, -0.1) is 0 Å². The van der Waals surface area contributed by atoms with Crippen LogP contribution < -0.4 is 11.1 Å². The highest BCUT2D eigenvalue weighted by atomic mass is 19.1. The van der Waals surface area contributed by atoms with Gasteiger partial charge in [0.2, 0.25) is 0 Å². The summed E-state index contributed by atoms with van der Waals surface area (Å²) in [5, 5.41) is 3.44. The largest absolute Gasteiger partial charge is 0.381 e. The maximum atomic E-state index is 12.8. The smallest absolute Gasteiger partial charge is 0.123 e. The van der Waals surface area contributed by atoms with Crippen molar-refractivity contribution in [3.05, 3.63) is 30.1 Å². The monoisotopic (exact) mass is 238 g/mol. The lowest BCUT2D eigenvalue weighted by molar-refractivity contribution is 0.141. The van der Waals surface area contributed by atoms with Crippen LogP contribution in [0.25, 0.3) is 0 Å². The van der Waals surface area contributed by atoms with E-state index in [2.05, 4.69) is 5.32 Å². The topological polar surface area (TPSA) is 47.3 Å². The summed E-state index contributed by atoms with van der Waals surface area (Å²) in [5.74, 6) is -0.221. The molecule has 1 aromatic carbocycles. The first kappa shape index (κ1) is 12.3. The Balaban J connectivity index is 2.09. The number of rotatable bonds is 3. The summed E-state index contributed by atoms with van der Waals surface area (Å²) < 4.78 is 18.3. The van der Waals surface area contributed by atoms with E-state index in [0.29, 0.717) is 6.54 Å². The molecule has 94 valence electrons. The molecule has 3 nitrogen and oxygen atoms in total. The van der Waals surface area contributed by atoms with Gasteiger partial charge >= 0.3 is 0 Å². The Kier molecular flexibility index (Phi) is 3.97. The molecule has 0 bridgehead atoms. The number of halogens is 1. The Morgan fingerprint density at radius 2 is 2.00 bits per heavy atom. The summed E-state index contributed by atoms with van der Waals surface area (Å²) in [6, 6.07) is 6.41. The van der Waals surface area contributed by atoms with E-state index in [1.54, 1.807) is 12.1 Å². The molecule has 3 N–H and O–H groups in total. The predicted octanol–water partition coefficient (Wildman–Crippen LogP) is 2.14. The molecule has 1 unspecified atom stereocenters. The summed E-state index contributed by atoms with van der Waals surface area (Å²) in [5.41, 5.74) is 6.69. The molecule has 0 spiro atoms. The minimum Gasteiger partial charge on any atom is -0.381 e. The van der Waals surface area contributed by atoms with Crippen LogP contribution in [0.3, 0.4) is 0 Å². The molecule has 1 aromatic rings. The summed E-state index contributed by atoms with van der Waals surface area (Å²) in [4.78, 5) is 0. The average Bonchev–Trinajstić information content (AvgIpc) is 2.58. The zero-order valence-electron chi connectivity index (χ0n) is 9.92. The van der Waals surface area contributed by atoms with E-state index in [4.69, 9.17) is 10.5 Å². The number of hydrogen-bond donors (Lipinski definition) is 2. The maximum Gasteiger partial charge on any atom is 0.123 e. The molecule has 1 saturated heterocycles. The fourth-order valence-corrected chi connectivity index (χ4v) is 2.23. The van der Waals surface area contributed by atoms with E-state index in [-0.39, 0.29) is 11.4 Å². The molecule has 0 amide bonds. The fourth-order valence-electron chi connectivity index (χ4n) is 2.23. The van der Waals surface area contributed by atoms with Crippen molar-refractivity contribution in [2.45, 2.75) is 24.8 Å². The van der Waals surface area contributed by atoms with E-state index in [1.165, 1.54) is 12.1 Å². The van der Waals surface area contributed by atoms with Crippen LogP contribution in [0.1, 0.15) is 19.3 Å². The summed E-state index contributed by atoms with van der Waals surface area (Å²) in [7, 11) is 0. The van der Waals surface area contributed by atoms with Gasteiger partial charge in [-0.05, 0) is 43.5 Å². The highest BCUT2D eigenvalue weighted by Crippen LogP contribution is 2.25. The Morgan fingerprint density at radius 1 is 1.24 bits per heavy atom. The van der Waals surface area contributed by atoms with Gasteiger partial charge in [-0.3, -0.25) is 0 Å². The van der Waals surface area contributed by atoms with E-state index < -0.39 is 0 Å². The van der Waals surface area contributed by atoms with Crippen molar-refractivity contribution in [2.75, 3.05) is 25.1 Å². The first-order chi connectivity index (χ1) is 8.24. The van der Waals surface area contributed by atoms with Crippen molar-refractivity contribution >= 4 is 5.69 Å². The lowest BCUT2D eigenvalue weighted by atomic mass is 9.90. The lowest BCUT2D eigenvalue weighted by Crippen LogP contribution is -2.45. The van der Waals surface area contributed by atoms with Gasteiger partial charge in [-0.25, -0.2) is 4.39 Å². The van der Waals surface area contributed by atoms with Crippen molar-refractivity contribution < 1.29 is 9.13 Å². The number of anilines is 1. The molecule has 0 radical (unpaired) electrons. The third kappa shape index (κ3) is 3.17. The van der Waals surface area contributed by atoms with Crippen LogP contribution in [-0.2, 0) is 4.74 Å². The number of nitrogens with one attached hydrogen (secondary N) is 1. The van der Waals surface area contributed by atoms with Crippen LogP contribution in [0.4, 0.5) is 10.1 Å². The SMILES string of the molecule is NCC1(Nc2ccc(F)cc2)CCCOCC1. The van der Waals surface area contributed by atoms with Gasteiger partial charge in [-0.2, -0.15) is 0 Å². The second-order valence-electron chi connectivity index (χ2n) is 4.58. The second-order valence-corrected chi connectivity index (χ2v) is 4.58. The van der Waals surface area contributed by atoms with Crippen molar-refractivity contribution in [3.63, 3.8) is 0 Å². The van der Waals surface area contributed by atoms with Crippen molar-refractivity contribution in [1.82, 2.24) is 0 Å². The van der Waals surface area contributed by atoms with Gasteiger partial charge in [0.05, 0.1) is 5.54 Å². The molecule has 0 saturated carbocycles. The summed E-state index contributed by atoms with van der Waals surface area (Å²) in [6.45, 7) is 2.09. The second kappa shape index (κ2) is 5.47. The zero-order valence-corrected chi connectivity index (χ0v) is 9.92.